The first-order chi connectivity index (χ1) is 23.5. The third kappa shape index (κ3) is 8.55. The highest BCUT2D eigenvalue weighted by Crippen LogP contribution is 2.46. The van der Waals surface area contributed by atoms with Gasteiger partial charge in [-0.25, -0.2) is 13.1 Å². The number of carbonyl (C=O) groups excluding carboxylic acids is 1. The third-order valence-electron chi connectivity index (χ3n) is 10.9. The summed E-state index contributed by atoms with van der Waals surface area (Å²) < 4.78 is 41.3. The predicted octanol–water partition coefficient (Wildman–Crippen LogP) is 7.23. The van der Waals surface area contributed by atoms with Crippen LogP contribution in [0.4, 0.5) is 5.69 Å². The van der Waals surface area contributed by atoms with Crippen LogP contribution in [0.3, 0.4) is 0 Å². The number of amides is 1. The average Bonchev–Trinajstić information content (AvgIpc) is 3.20. The first kappa shape index (κ1) is 37.4. The molecule has 1 aliphatic heterocycles. The van der Waals surface area contributed by atoms with Crippen LogP contribution in [0, 0.1) is 17.8 Å². The number of fused-ring (bicyclic) bond motifs is 3. The van der Waals surface area contributed by atoms with Crippen molar-refractivity contribution in [1.29, 1.82) is 0 Å². The number of anilines is 1. The van der Waals surface area contributed by atoms with Crippen molar-refractivity contribution in [2.24, 2.45) is 17.8 Å². The monoisotopic (exact) mass is 712 g/mol. The van der Waals surface area contributed by atoms with E-state index in [9.17, 15) is 18.3 Å². The van der Waals surface area contributed by atoms with Crippen molar-refractivity contribution >= 4 is 33.2 Å². The summed E-state index contributed by atoms with van der Waals surface area (Å²) in [5.74, 6) is 0.136. The van der Waals surface area contributed by atoms with Crippen LogP contribution in [-0.4, -0.2) is 64.2 Å². The number of carbonyl (C=O) groups is 1. The lowest BCUT2D eigenvalue weighted by Gasteiger charge is -2.45. The number of hydrogen-bond acceptors (Lipinski definition) is 7. The smallest absolute Gasteiger partial charge is 0.264 e. The zero-order valence-corrected chi connectivity index (χ0v) is 30.8. The fourth-order valence-corrected chi connectivity index (χ4v) is 9.86. The maximum Gasteiger partial charge on any atom is 0.264 e. The van der Waals surface area contributed by atoms with Crippen LogP contribution in [0.15, 0.2) is 61.2 Å². The number of nitrogens with one attached hydrogen (secondary N) is 1. The molecule has 5 rings (SSSR count). The standard InChI is InChI=1S/C39H53ClN2O6S/c1-5-7-8-12-35(43)32-16-13-30(32)24-42-25-39(20-9-11-28-22-31(40)15-17-33(28)39)26-48-36-18-14-29(23-34(36)42)38(44)41-49(45,46)37(19-21-47-4)27(3)10-6-2/h6,8,12,14-15,17-18,22-23,27,30,32,35,37,43H,2,5,7,9-11,13,16,19-21,24-26H2,1,3-4H3,(H,41,44)/b12-8+/t27-,30-,32-,35-,37-,39-/m0/s1. The molecule has 1 saturated carbocycles. The van der Waals surface area contributed by atoms with E-state index in [0.29, 0.717) is 31.9 Å². The van der Waals surface area contributed by atoms with Gasteiger partial charge in [0.1, 0.15) is 5.75 Å². The van der Waals surface area contributed by atoms with Crippen LogP contribution in [0.5, 0.6) is 5.75 Å². The Morgan fingerprint density at radius 1 is 1.27 bits per heavy atom. The zero-order valence-electron chi connectivity index (χ0n) is 29.2. The number of ether oxygens (including phenoxy) is 2. The largest absolute Gasteiger partial charge is 0.490 e. The summed E-state index contributed by atoms with van der Waals surface area (Å²) in [4.78, 5) is 16.0. The van der Waals surface area contributed by atoms with Gasteiger partial charge in [0.05, 0.1) is 23.6 Å². The number of allylic oxidation sites excluding steroid dienone is 2. The maximum atomic E-state index is 13.7. The van der Waals surface area contributed by atoms with E-state index >= 15 is 0 Å². The van der Waals surface area contributed by atoms with Crippen LogP contribution in [0.2, 0.25) is 5.02 Å². The van der Waals surface area contributed by atoms with Gasteiger partial charge in [-0.1, -0.05) is 56.2 Å². The number of aliphatic hydroxyl groups is 1. The number of benzene rings is 2. The van der Waals surface area contributed by atoms with Crippen molar-refractivity contribution in [3.63, 3.8) is 0 Å². The number of rotatable bonds is 15. The van der Waals surface area contributed by atoms with Crippen LogP contribution < -0.4 is 14.4 Å². The highest BCUT2D eigenvalue weighted by Gasteiger charge is 2.44. The molecule has 49 heavy (non-hydrogen) atoms. The number of hydrogen-bond donors (Lipinski definition) is 2. The molecule has 1 heterocycles. The Labute approximate surface area is 298 Å². The Hall–Kier alpha value is -2.85. The van der Waals surface area contributed by atoms with Gasteiger partial charge >= 0.3 is 0 Å². The molecule has 8 nitrogen and oxygen atoms in total. The average molecular weight is 713 g/mol. The molecule has 1 spiro atoms. The topological polar surface area (TPSA) is 105 Å². The second-order valence-corrected chi connectivity index (χ2v) is 16.6. The lowest BCUT2D eigenvalue weighted by atomic mass is 9.68. The van der Waals surface area contributed by atoms with Crippen LogP contribution >= 0.6 is 11.6 Å². The minimum atomic E-state index is -4.02. The number of sulfonamides is 1. The van der Waals surface area contributed by atoms with E-state index in [4.69, 9.17) is 21.1 Å². The second-order valence-electron chi connectivity index (χ2n) is 14.3. The molecular weight excluding hydrogens is 660 g/mol. The Bertz CT molecular complexity index is 1610. The van der Waals surface area contributed by atoms with Crippen LogP contribution in [0.25, 0.3) is 0 Å². The molecular formula is C39H53ClN2O6S. The summed E-state index contributed by atoms with van der Waals surface area (Å²) in [7, 11) is -2.49. The molecule has 1 amide bonds. The van der Waals surface area contributed by atoms with Crippen molar-refractivity contribution in [1.82, 2.24) is 4.72 Å². The highest BCUT2D eigenvalue weighted by atomic mass is 35.5. The number of nitrogens with zero attached hydrogens (tertiary/aromatic N) is 1. The van der Waals surface area contributed by atoms with Crippen LogP contribution in [0.1, 0.15) is 86.7 Å². The number of halogens is 1. The van der Waals surface area contributed by atoms with E-state index in [0.717, 1.165) is 55.7 Å². The van der Waals surface area contributed by atoms with Gasteiger partial charge in [-0.05, 0) is 111 Å². The van der Waals surface area contributed by atoms with E-state index in [1.807, 2.05) is 19.1 Å². The van der Waals surface area contributed by atoms with Gasteiger partial charge < -0.3 is 19.5 Å². The molecule has 0 saturated heterocycles. The third-order valence-corrected chi connectivity index (χ3v) is 13.1. The molecule has 2 aromatic rings. The molecule has 0 aromatic heterocycles. The SMILES string of the molecule is C=CC[C@H](C)[C@H](CCOC)S(=O)(=O)NC(=O)c1ccc2c(c1)N(C[C@@H]1CC[C@@H]1[C@@H](O)/C=C/CCC)C[C@@]1(CCCc3cc(Cl)ccc31)CO2. The molecule has 0 bridgehead atoms. The highest BCUT2D eigenvalue weighted by molar-refractivity contribution is 7.90. The van der Waals surface area contributed by atoms with Crippen molar-refractivity contribution < 1.29 is 27.8 Å². The Balaban J connectivity index is 1.47. The predicted molar refractivity (Wildman–Crippen MR) is 197 cm³/mol. The minimum absolute atomic E-state index is 0.146. The molecule has 0 radical (unpaired) electrons. The lowest BCUT2D eigenvalue weighted by molar-refractivity contribution is 0.0456. The molecule has 10 heteroatoms. The van der Waals surface area contributed by atoms with Gasteiger partial charge in [0, 0.05) is 42.8 Å². The molecule has 2 N–H and O–H groups in total. The van der Waals surface area contributed by atoms with Crippen molar-refractivity contribution in [3.8, 4) is 5.75 Å². The summed E-state index contributed by atoms with van der Waals surface area (Å²) in [5.41, 5.74) is 3.20. The van der Waals surface area contributed by atoms with E-state index in [2.05, 4.69) is 41.3 Å². The first-order valence-electron chi connectivity index (χ1n) is 17.8. The Morgan fingerprint density at radius 3 is 2.80 bits per heavy atom. The summed E-state index contributed by atoms with van der Waals surface area (Å²) in [5, 5.41) is 11.0. The molecule has 1 fully saturated rings. The lowest BCUT2D eigenvalue weighted by Crippen LogP contribution is -2.49. The van der Waals surface area contributed by atoms with E-state index in [1.54, 1.807) is 24.3 Å². The van der Waals surface area contributed by atoms with E-state index in [1.165, 1.54) is 18.2 Å². The van der Waals surface area contributed by atoms with Gasteiger partial charge in [-0.3, -0.25) is 4.79 Å². The Kier molecular flexibility index (Phi) is 12.6. The fourth-order valence-electron chi connectivity index (χ4n) is 8.01. The van der Waals surface area contributed by atoms with Crippen LogP contribution in [-0.2, 0) is 26.6 Å². The van der Waals surface area contributed by atoms with E-state index in [-0.39, 0.29) is 41.8 Å². The molecule has 2 aliphatic carbocycles. The van der Waals surface area contributed by atoms with Gasteiger partial charge in [0.25, 0.3) is 5.91 Å². The summed E-state index contributed by atoms with van der Waals surface area (Å²) >= 11 is 6.43. The Morgan fingerprint density at radius 2 is 2.08 bits per heavy atom. The second kappa shape index (κ2) is 16.4. The van der Waals surface area contributed by atoms with Gasteiger partial charge in [-0.2, -0.15) is 0 Å². The minimum Gasteiger partial charge on any atom is -0.490 e. The number of methoxy groups -OCH3 is 1. The zero-order chi connectivity index (χ0) is 35.2. The number of aryl methyl sites for hydroxylation is 1. The van der Waals surface area contributed by atoms with Crippen molar-refractivity contribution in [3.05, 3.63) is 82.9 Å². The fraction of sp³-hybridized carbons (Fsp3) is 0.564. The maximum absolute atomic E-state index is 13.7. The number of aliphatic hydroxyl groups excluding tert-OH is 1. The van der Waals surface area contributed by atoms with E-state index < -0.39 is 27.3 Å². The molecule has 268 valence electrons. The molecule has 0 unspecified atom stereocenters. The summed E-state index contributed by atoms with van der Waals surface area (Å²) in [6, 6.07) is 11.4. The van der Waals surface area contributed by atoms with Gasteiger partial charge in [0.2, 0.25) is 10.0 Å². The molecule has 3 aliphatic rings. The van der Waals surface area contributed by atoms with Gasteiger partial charge in [-0.15, -0.1) is 6.58 Å². The number of unbranched alkanes of at least 4 members (excludes halogenated alkanes) is 1. The summed E-state index contributed by atoms with van der Waals surface area (Å²) in [6.45, 7) is 9.83. The molecule has 6 atom stereocenters. The van der Waals surface area contributed by atoms with Crippen molar-refractivity contribution in [2.75, 3.05) is 38.3 Å². The van der Waals surface area contributed by atoms with Gasteiger partial charge in [0.15, 0.2) is 0 Å². The summed E-state index contributed by atoms with van der Waals surface area (Å²) in [6.07, 6.45) is 12.8. The quantitative estimate of drug-likeness (QED) is 0.188. The normalized spacial score (nSPS) is 23.8. The van der Waals surface area contributed by atoms with Crippen molar-refractivity contribution in [2.45, 2.75) is 88.4 Å². The first-order valence-corrected chi connectivity index (χ1v) is 19.8. The molecule has 2 aromatic carbocycles.